The van der Waals surface area contributed by atoms with E-state index in [1.54, 1.807) is 25.3 Å². The normalized spacial score (nSPS) is 11.4. The number of benzene rings is 2. The van der Waals surface area contributed by atoms with Gasteiger partial charge in [0.15, 0.2) is 0 Å². The molecule has 2 rings (SSSR count). The molecule has 0 radical (unpaired) electrons. The predicted octanol–water partition coefficient (Wildman–Crippen LogP) is 3.22. The van der Waals surface area contributed by atoms with E-state index >= 15 is 0 Å². The van der Waals surface area contributed by atoms with Crippen LogP contribution in [0.1, 0.15) is 23.1 Å². The first-order chi connectivity index (χ1) is 10.9. The lowest BCUT2D eigenvalue weighted by atomic mass is 10.1. The molecule has 0 amide bonds. The predicted molar refractivity (Wildman–Crippen MR) is 92.4 cm³/mol. The molecule has 0 spiro atoms. The fraction of sp³-hybridized carbons (Fsp3) is 0.333. The average Bonchev–Trinajstić information content (AvgIpc) is 2.51. The Morgan fingerprint density at radius 1 is 1.09 bits per heavy atom. The fourth-order valence-electron chi connectivity index (χ4n) is 2.47. The van der Waals surface area contributed by atoms with Crippen LogP contribution >= 0.6 is 0 Å². The molecule has 2 aromatic carbocycles. The second-order valence-electron chi connectivity index (χ2n) is 5.62. The van der Waals surface area contributed by atoms with E-state index in [9.17, 15) is 8.42 Å². The molecule has 0 atom stereocenters. The summed E-state index contributed by atoms with van der Waals surface area (Å²) in [5.41, 5.74) is 3.25. The minimum absolute atomic E-state index is 0.270. The topological polar surface area (TPSA) is 55.4 Å². The van der Waals surface area contributed by atoms with Gasteiger partial charge in [0, 0.05) is 6.54 Å². The molecule has 124 valence electrons. The standard InChI is InChI=1S/C18H23NO3S/c1-14-6-4-7-16(12-14)8-5-11-19-23(20,21)17-9-10-18(22-3)15(2)13-17/h4,6-7,9-10,12-13,19H,5,8,11H2,1-3H3. The summed E-state index contributed by atoms with van der Waals surface area (Å²) >= 11 is 0. The van der Waals surface area contributed by atoms with Crippen molar-refractivity contribution >= 4 is 10.0 Å². The molecule has 0 aliphatic carbocycles. The van der Waals surface area contributed by atoms with Crippen molar-refractivity contribution < 1.29 is 13.2 Å². The Bertz CT molecular complexity index is 770. The van der Waals surface area contributed by atoms with E-state index < -0.39 is 10.0 Å². The number of hydrogen-bond donors (Lipinski definition) is 1. The van der Waals surface area contributed by atoms with Crippen molar-refractivity contribution in [1.82, 2.24) is 4.72 Å². The third kappa shape index (κ3) is 4.81. The Hall–Kier alpha value is -1.85. The number of ether oxygens (including phenoxy) is 1. The van der Waals surface area contributed by atoms with E-state index in [2.05, 4.69) is 29.8 Å². The van der Waals surface area contributed by atoms with Crippen LogP contribution in [0, 0.1) is 13.8 Å². The van der Waals surface area contributed by atoms with Gasteiger partial charge in [-0.2, -0.15) is 0 Å². The SMILES string of the molecule is COc1ccc(S(=O)(=O)NCCCc2cccc(C)c2)cc1C. The van der Waals surface area contributed by atoms with Crippen molar-refractivity contribution in [2.45, 2.75) is 31.6 Å². The van der Waals surface area contributed by atoms with E-state index in [1.165, 1.54) is 11.1 Å². The number of aryl methyl sites for hydroxylation is 3. The van der Waals surface area contributed by atoms with Crippen molar-refractivity contribution in [2.75, 3.05) is 13.7 Å². The molecule has 0 heterocycles. The van der Waals surface area contributed by atoms with Crippen molar-refractivity contribution in [1.29, 1.82) is 0 Å². The maximum absolute atomic E-state index is 12.3. The van der Waals surface area contributed by atoms with Crippen LogP contribution in [0.4, 0.5) is 0 Å². The van der Waals surface area contributed by atoms with Crippen LogP contribution in [0.5, 0.6) is 5.75 Å². The number of sulfonamides is 1. The van der Waals surface area contributed by atoms with E-state index in [1.807, 2.05) is 13.0 Å². The molecule has 1 N–H and O–H groups in total. The number of nitrogens with one attached hydrogen (secondary N) is 1. The molecule has 0 unspecified atom stereocenters. The molecule has 0 saturated carbocycles. The van der Waals surface area contributed by atoms with Crippen molar-refractivity contribution in [3.05, 3.63) is 59.2 Å². The van der Waals surface area contributed by atoms with Crippen molar-refractivity contribution in [3.63, 3.8) is 0 Å². The Morgan fingerprint density at radius 3 is 2.52 bits per heavy atom. The number of methoxy groups -OCH3 is 1. The van der Waals surface area contributed by atoms with Crippen LogP contribution in [0.15, 0.2) is 47.4 Å². The molecule has 4 nitrogen and oxygen atoms in total. The van der Waals surface area contributed by atoms with E-state index in [4.69, 9.17) is 4.74 Å². The smallest absolute Gasteiger partial charge is 0.240 e. The average molecular weight is 333 g/mol. The quantitative estimate of drug-likeness (QED) is 0.792. The molecule has 0 bridgehead atoms. The zero-order valence-corrected chi connectivity index (χ0v) is 14.6. The Labute approximate surface area is 138 Å². The molecule has 0 aromatic heterocycles. The van der Waals surface area contributed by atoms with Crippen LogP contribution in [0.2, 0.25) is 0 Å². The molecule has 5 heteroatoms. The fourth-order valence-corrected chi connectivity index (χ4v) is 3.63. The Morgan fingerprint density at radius 2 is 1.87 bits per heavy atom. The molecule has 0 fully saturated rings. The summed E-state index contributed by atoms with van der Waals surface area (Å²) in [4.78, 5) is 0.270. The summed E-state index contributed by atoms with van der Waals surface area (Å²) in [5.74, 6) is 0.684. The maximum atomic E-state index is 12.3. The summed E-state index contributed by atoms with van der Waals surface area (Å²) in [6.45, 7) is 4.30. The zero-order valence-electron chi connectivity index (χ0n) is 13.8. The van der Waals surface area contributed by atoms with Gasteiger partial charge in [-0.25, -0.2) is 13.1 Å². The lowest BCUT2D eigenvalue weighted by Crippen LogP contribution is -2.25. The summed E-state index contributed by atoms with van der Waals surface area (Å²) in [6, 6.07) is 13.1. The second kappa shape index (κ2) is 7.62. The second-order valence-corrected chi connectivity index (χ2v) is 7.39. The molecular weight excluding hydrogens is 310 g/mol. The third-order valence-corrected chi connectivity index (χ3v) is 5.15. The molecule has 0 aliphatic heterocycles. The van der Waals surface area contributed by atoms with Crippen LogP contribution in [0.25, 0.3) is 0 Å². The lowest BCUT2D eigenvalue weighted by Gasteiger charge is -2.10. The van der Waals surface area contributed by atoms with Crippen LogP contribution in [-0.2, 0) is 16.4 Å². The highest BCUT2D eigenvalue weighted by molar-refractivity contribution is 7.89. The van der Waals surface area contributed by atoms with Crippen LogP contribution in [-0.4, -0.2) is 22.1 Å². The van der Waals surface area contributed by atoms with Gasteiger partial charge in [-0.15, -0.1) is 0 Å². The van der Waals surface area contributed by atoms with Gasteiger partial charge in [-0.05, 0) is 56.0 Å². The largest absolute Gasteiger partial charge is 0.496 e. The molecule has 2 aromatic rings. The van der Waals surface area contributed by atoms with Crippen molar-refractivity contribution in [2.24, 2.45) is 0 Å². The molecule has 23 heavy (non-hydrogen) atoms. The summed E-state index contributed by atoms with van der Waals surface area (Å²) in [5, 5.41) is 0. The van der Waals surface area contributed by atoms with Gasteiger partial charge >= 0.3 is 0 Å². The zero-order chi connectivity index (χ0) is 16.9. The highest BCUT2D eigenvalue weighted by atomic mass is 32.2. The minimum atomic E-state index is -3.48. The first-order valence-electron chi connectivity index (χ1n) is 7.62. The first kappa shape index (κ1) is 17.5. The van der Waals surface area contributed by atoms with Crippen molar-refractivity contribution in [3.8, 4) is 5.75 Å². The highest BCUT2D eigenvalue weighted by Gasteiger charge is 2.14. The molecule has 0 saturated heterocycles. The third-order valence-electron chi connectivity index (χ3n) is 3.69. The Balaban J connectivity index is 1.92. The summed E-state index contributed by atoms with van der Waals surface area (Å²) in [6.07, 6.45) is 1.61. The van der Waals surface area contributed by atoms with Gasteiger partial charge in [0.05, 0.1) is 12.0 Å². The summed E-state index contributed by atoms with van der Waals surface area (Å²) in [7, 11) is -1.91. The van der Waals surface area contributed by atoms with Gasteiger partial charge in [-0.3, -0.25) is 0 Å². The molecule has 0 aliphatic rings. The van der Waals surface area contributed by atoms with Gasteiger partial charge < -0.3 is 4.74 Å². The lowest BCUT2D eigenvalue weighted by molar-refractivity contribution is 0.411. The monoisotopic (exact) mass is 333 g/mol. The van der Waals surface area contributed by atoms with Gasteiger partial charge in [-0.1, -0.05) is 29.8 Å². The maximum Gasteiger partial charge on any atom is 0.240 e. The van der Waals surface area contributed by atoms with E-state index in [0.29, 0.717) is 12.3 Å². The first-order valence-corrected chi connectivity index (χ1v) is 9.10. The van der Waals surface area contributed by atoms with Gasteiger partial charge in [0.1, 0.15) is 5.75 Å². The number of hydrogen-bond acceptors (Lipinski definition) is 3. The van der Waals surface area contributed by atoms with E-state index in [0.717, 1.165) is 18.4 Å². The van der Waals surface area contributed by atoms with Gasteiger partial charge in [0.25, 0.3) is 0 Å². The van der Waals surface area contributed by atoms with Gasteiger partial charge in [0.2, 0.25) is 10.0 Å². The minimum Gasteiger partial charge on any atom is -0.496 e. The highest BCUT2D eigenvalue weighted by Crippen LogP contribution is 2.21. The summed E-state index contributed by atoms with van der Waals surface area (Å²) < 4.78 is 32.4. The van der Waals surface area contributed by atoms with Crippen LogP contribution < -0.4 is 9.46 Å². The van der Waals surface area contributed by atoms with Crippen LogP contribution in [0.3, 0.4) is 0 Å². The number of rotatable bonds is 7. The van der Waals surface area contributed by atoms with E-state index in [-0.39, 0.29) is 4.90 Å². The molecular formula is C18H23NO3S. The Kier molecular flexibility index (Phi) is 5.80.